The largest absolute Gasteiger partial charge is 0.465 e. The number of carbonyl (C=O) groups is 2. The van der Waals surface area contributed by atoms with E-state index in [-0.39, 0.29) is 17.7 Å². The maximum Gasteiger partial charge on any atom is 0.404 e. The lowest BCUT2D eigenvalue weighted by Crippen LogP contribution is -2.25. The minimum Gasteiger partial charge on any atom is -0.465 e. The number of benzene rings is 2. The number of hydrogen-bond donors (Lipinski definition) is 2. The lowest BCUT2D eigenvalue weighted by Gasteiger charge is -2.16. The van der Waals surface area contributed by atoms with Gasteiger partial charge >= 0.3 is 12.0 Å². The third kappa shape index (κ3) is 4.05. The first-order valence-corrected chi connectivity index (χ1v) is 10.6. The Morgan fingerprint density at radius 2 is 2.00 bits per heavy atom. The van der Waals surface area contributed by atoms with Crippen molar-refractivity contribution in [1.82, 2.24) is 15.2 Å². The molecule has 4 rings (SSSR count). The maximum atomic E-state index is 12.6. The summed E-state index contributed by atoms with van der Waals surface area (Å²) in [7, 11) is 3.23. The molecule has 33 heavy (non-hydrogen) atoms. The summed E-state index contributed by atoms with van der Waals surface area (Å²) < 4.78 is 6.02. The zero-order valence-electron chi connectivity index (χ0n) is 18.7. The fourth-order valence-electron chi connectivity index (χ4n) is 4.33. The molecular formula is C25H24N4O4. The second-order valence-corrected chi connectivity index (χ2v) is 8.30. The third-order valence-corrected chi connectivity index (χ3v) is 5.91. The van der Waals surface area contributed by atoms with Gasteiger partial charge in [0.25, 0.3) is 5.89 Å². The van der Waals surface area contributed by atoms with E-state index in [1.54, 1.807) is 14.1 Å². The lowest BCUT2D eigenvalue weighted by atomic mass is 9.87. The minimum atomic E-state index is -1.06. The predicted molar refractivity (Wildman–Crippen MR) is 124 cm³/mol. The van der Waals surface area contributed by atoms with Gasteiger partial charge in [-0.05, 0) is 47.9 Å². The van der Waals surface area contributed by atoms with Crippen LogP contribution in [0, 0.1) is 24.2 Å². The number of carbonyl (C=O) groups excluding carboxylic acids is 1. The monoisotopic (exact) mass is 444 g/mol. The summed E-state index contributed by atoms with van der Waals surface area (Å²) in [4.78, 5) is 29.3. The van der Waals surface area contributed by atoms with Crippen molar-refractivity contribution in [3.05, 3.63) is 59.0 Å². The molecule has 1 heterocycles. The summed E-state index contributed by atoms with van der Waals surface area (Å²) in [6.07, 6.45) is 2.49. The van der Waals surface area contributed by atoms with E-state index in [4.69, 9.17) is 9.52 Å². The Bertz CT molecular complexity index is 1320. The molecule has 0 radical (unpaired) electrons. The van der Waals surface area contributed by atoms with Gasteiger partial charge < -0.3 is 19.7 Å². The van der Waals surface area contributed by atoms with E-state index >= 15 is 0 Å². The van der Waals surface area contributed by atoms with E-state index in [9.17, 15) is 14.9 Å². The first kappa shape index (κ1) is 22.1. The molecule has 0 bridgehead atoms. The lowest BCUT2D eigenvalue weighted by molar-refractivity contribution is 0.0791. The zero-order chi connectivity index (χ0) is 23.7. The average molecular weight is 444 g/mol. The van der Waals surface area contributed by atoms with Gasteiger partial charge in [0.2, 0.25) is 0 Å². The molecule has 168 valence electrons. The molecule has 1 aromatic heterocycles. The molecule has 0 saturated carbocycles. The van der Waals surface area contributed by atoms with E-state index in [1.165, 1.54) is 4.90 Å². The number of nitrogens with one attached hydrogen (secondary N) is 1. The van der Waals surface area contributed by atoms with Crippen LogP contribution in [0.4, 0.5) is 4.79 Å². The number of nitrogens with zero attached hydrogens (tertiary/aromatic N) is 3. The summed E-state index contributed by atoms with van der Waals surface area (Å²) in [5.74, 6) is -0.416. The molecule has 0 aliphatic heterocycles. The number of allylic oxidation sites excluding steroid dienone is 1. The Labute approximate surface area is 191 Å². The van der Waals surface area contributed by atoms with Crippen molar-refractivity contribution in [3.8, 4) is 17.2 Å². The number of rotatable bonds is 5. The number of hydrogen-bond acceptors (Lipinski definition) is 5. The second-order valence-electron chi connectivity index (χ2n) is 8.30. The molecule has 8 nitrogen and oxygen atoms in total. The number of aromatic nitrogens is 1. The van der Waals surface area contributed by atoms with E-state index in [1.807, 2.05) is 37.3 Å². The van der Waals surface area contributed by atoms with Gasteiger partial charge in [-0.2, -0.15) is 5.26 Å². The number of oxazole rings is 1. The summed E-state index contributed by atoms with van der Waals surface area (Å²) in [5, 5.41) is 21.4. The molecule has 2 amide bonds. The fraction of sp³-hybridized carbons (Fsp3) is 0.280. The van der Waals surface area contributed by atoms with Crippen LogP contribution in [0.1, 0.15) is 40.2 Å². The van der Waals surface area contributed by atoms with Gasteiger partial charge in [-0.25, -0.2) is 9.78 Å². The first-order chi connectivity index (χ1) is 15.8. The smallest absolute Gasteiger partial charge is 0.404 e. The Morgan fingerprint density at radius 1 is 1.27 bits per heavy atom. The summed E-state index contributed by atoms with van der Waals surface area (Å²) >= 11 is 0. The highest BCUT2D eigenvalue weighted by molar-refractivity contribution is 6.03. The first-order valence-electron chi connectivity index (χ1n) is 10.6. The van der Waals surface area contributed by atoms with E-state index in [0.717, 1.165) is 34.2 Å². The normalized spacial score (nSPS) is 15.2. The summed E-state index contributed by atoms with van der Waals surface area (Å²) in [6.45, 7) is 2.20. The van der Waals surface area contributed by atoms with Crippen LogP contribution < -0.4 is 5.32 Å². The van der Waals surface area contributed by atoms with E-state index in [0.29, 0.717) is 29.6 Å². The molecule has 2 N–H and O–H groups in total. The van der Waals surface area contributed by atoms with Gasteiger partial charge in [0, 0.05) is 26.2 Å². The van der Waals surface area contributed by atoms with Gasteiger partial charge in [-0.15, -0.1) is 0 Å². The van der Waals surface area contributed by atoms with Crippen LogP contribution in [0.3, 0.4) is 0 Å². The van der Waals surface area contributed by atoms with E-state index in [2.05, 4.69) is 22.4 Å². The molecule has 1 unspecified atom stereocenters. The van der Waals surface area contributed by atoms with Gasteiger partial charge in [-0.1, -0.05) is 36.4 Å². The predicted octanol–water partition coefficient (Wildman–Crippen LogP) is 4.44. The highest BCUT2D eigenvalue weighted by atomic mass is 16.4. The van der Waals surface area contributed by atoms with Gasteiger partial charge in [-0.3, -0.25) is 4.79 Å². The molecule has 0 fully saturated rings. The summed E-state index contributed by atoms with van der Waals surface area (Å²) in [6, 6.07) is 12.0. The molecule has 1 aliphatic rings. The molecule has 8 heteroatoms. The van der Waals surface area contributed by atoms with Crippen molar-refractivity contribution >= 4 is 28.7 Å². The Kier molecular flexibility index (Phi) is 5.88. The molecular weight excluding hydrogens is 420 g/mol. The second kappa shape index (κ2) is 8.79. The Balaban J connectivity index is 2.00. The van der Waals surface area contributed by atoms with Crippen LogP contribution in [0.2, 0.25) is 0 Å². The SMILES string of the molecule is Cc1c(-c2ccccc2)c(C2=CC(CNC(=O)O)CC2)c2oc(C(=O)N(C)C)nc2c1C#N. The van der Waals surface area contributed by atoms with Crippen LogP contribution in [-0.4, -0.2) is 47.6 Å². The zero-order valence-corrected chi connectivity index (χ0v) is 18.7. The Hall–Kier alpha value is -4.12. The highest BCUT2D eigenvalue weighted by Gasteiger charge is 2.29. The summed E-state index contributed by atoms with van der Waals surface area (Å²) in [5.41, 5.74) is 5.47. The van der Waals surface area contributed by atoms with Crippen molar-refractivity contribution in [2.45, 2.75) is 19.8 Å². The van der Waals surface area contributed by atoms with Crippen molar-refractivity contribution < 1.29 is 19.1 Å². The van der Waals surface area contributed by atoms with Crippen molar-refractivity contribution in [2.24, 2.45) is 5.92 Å². The molecule has 1 aliphatic carbocycles. The van der Waals surface area contributed by atoms with Gasteiger partial charge in [0.05, 0.1) is 5.56 Å². The molecule has 3 aromatic rings. The fourth-order valence-corrected chi connectivity index (χ4v) is 4.33. The van der Waals surface area contributed by atoms with Crippen LogP contribution >= 0.6 is 0 Å². The van der Waals surface area contributed by atoms with Crippen molar-refractivity contribution in [2.75, 3.05) is 20.6 Å². The number of nitriles is 1. The van der Waals surface area contributed by atoms with Crippen LogP contribution in [0.25, 0.3) is 27.8 Å². The maximum absolute atomic E-state index is 12.6. The van der Waals surface area contributed by atoms with Crippen LogP contribution in [0.15, 0.2) is 40.8 Å². The molecule has 1 atom stereocenters. The standard InChI is InChI=1S/C25H24N4O4/c1-14-18(12-26)21-22(33-23(28-21)24(30)29(2)3)20(19(14)16-7-5-4-6-8-16)17-10-9-15(11-17)13-27-25(31)32/h4-8,11,15,27H,9-10,13H2,1-3H3,(H,31,32). The van der Waals surface area contributed by atoms with Crippen molar-refractivity contribution in [1.29, 1.82) is 5.26 Å². The Morgan fingerprint density at radius 3 is 2.64 bits per heavy atom. The topological polar surface area (TPSA) is 119 Å². The van der Waals surface area contributed by atoms with E-state index < -0.39 is 6.09 Å². The molecule has 0 saturated heterocycles. The number of fused-ring (bicyclic) bond motifs is 1. The average Bonchev–Trinajstić information content (AvgIpc) is 3.44. The van der Waals surface area contributed by atoms with Gasteiger partial charge in [0.15, 0.2) is 5.58 Å². The molecule has 2 aromatic carbocycles. The van der Waals surface area contributed by atoms with Crippen LogP contribution in [0.5, 0.6) is 0 Å². The third-order valence-electron chi connectivity index (χ3n) is 5.91. The molecule has 0 spiro atoms. The quantitative estimate of drug-likeness (QED) is 0.600. The minimum absolute atomic E-state index is 0.0384. The van der Waals surface area contributed by atoms with Gasteiger partial charge in [0.1, 0.15) is 11.6 Å². The van der Waals surface area contributed by atoms with Crippen LogP contribution in [-0.2, 0) is 0 Å². The highest BCUT2D eigenvalue weighted by Crippen LogP contribution is 2.44. The number of amides is 2. The van der Waals surface area contributed by atoms with Crippen molar-refractivity contribution in [3.63, 3.8) is 0 Å². The number of carboxylic acid groups (broad SMARTS) is 1.